The maximum Gasteiger partial charge on any atom is 0.274 e. The molecule has 1 heterocycles. The molecule has 8 nitrogen and oxygen atoms in total. The number of hydrogen-bond acceptors (Lipinski definition) is 6. The van der Waals surface area contributed by atoms with Gasteiger partial charge in [-0.1, -0.05) is 12.1 Å². The predicted molar refractivity (Wildman–Crippen MR) is 105 cm³/mol. The fourth-order valence-electron chi connectivity index (χ4n) is 2.41. The molecule has 3 N–H and O–H groups in total. The minimum absolute atomic E-state index is 0.166. The number of nitrogens with one attached hydrogen (secondary N) is 3. The summed E-state index contributed by atoms with van der Waals surface area (Å²) in [6, 6.07) is 17.2. The number of anilines is 4. The first kappa shape index (κ1) is 18.5. The van der Waals surface area contributed by atoms with E-state index in [0.29, 0.717) is 22.6 Å². The van der Waals surface area contributed by atoms with Gasteiger partial charge in [-0.2, -0.15) is 5.26 Å². The Morgan fingerprint density at radius 2 is 1.68 bits per heavy atom. The molecule has 2 amide bonds. The van der Waals surface area contributed by atoms with E-state index >= 15 is 0 Å². The summed E-state index contributed by atoms with van der Waals surface area (Å²) in [6.45, 7) is 1.41. The van der Waals surface area contributed by atoms with E-state index in [4.69, 9.17) is 5.26 Å². The van der Waals surface area contributed by atoms with Crippen LogP contribution in [0.25, 0.3) is 0 Å². The minimum atomic E-state index is -0.420. The summed E-state index contributed by atoms with van der Waals surface area (Å²) in [5.41, 5.74) is 2.40. The van der Waals surface area contributed by atoms with Crippen molar-refractivity contribution in [3.05, 3.63) is 72.1 Å². The number of carbonyl (C=O) groups excluding carboxylic acids is 2. The lowest BCUT2D eigenvalue weighted by molar-refractivity contribution is -0.114. The van der Waals surface area contributed by atoms with Crippen molar-refractivity contribution in [3.8, 4) is 6.07 Å². The molecule has 0 radical (unpaired) electrons. The van der Waals surface area contributed by atoms with Gasteiger partial charge in [0.1, 0.15) is 5.69 Å². The third-order valence-electron chi connectivity index (χ3n) is 3.58. The van der Waals surface area contributed by atoms with Crippen molar-refractivity contribution >= 4 is 34.8 Å². The minimum Gasteiger partial charge on any atom is -0.326 e. The van der Waals surface area contributed by atoms with Gasteiger partial charge in [-0.3, -0.25) is 9.59 Å². The summed E-state index contributed by atoms with van der Waals surface area (Å²) in [7, 11) is 0. The summed E-state index contributed by atoms with van der Waals surface area (Å²) in [5.74, 6) is -0.388. The number of aromatic nitrogens is 2. The molecule has 0 spiro atoms. The molecule has 2 aromatic carbocycles. The molecule has 28 heavy (non-hydrogen) atoms. The second-order valence-electron chi connectivity index (χ2n) is 5.80. The van der Waals surface area contributed by atoms with Gasteiger partial charge in [-0.15, -0.1) is 0 Å². The van der Waals surface area contributed by atoms with Crippen molar-refractivity contribution in [2.45, 2.75) is 6.92 Å². The highest BCUT2D eigenvalue weighted by atomic mass is 16.2. The maximum absolute atomic E-state index is 12.5. The topological polar surface area (TPSA) is 120 Å². The number of nitrogens with zero attached hydrogens (tertiary/aromatic N) is 3. The van der Waals surface area contributed by atoms with Gasteiger partial charge in [-0.25, -0.2) is 9.97 Å². The Morgan fingerprint density at radius 1 is 0.964 bits per heavy atom. The average Bonchev–Trinajstić information content (AvgIpc) is 2.68. The van der Waals surface area contributed by atoms with Crippen LogP contribution in [0.5, 0.6) is 0 Å². The van der Waals surface area contributed by atoms with E-state index in [0.717, 1.165) is 0 Å². The van der Waals surface area contributed by atoms with Crippen LogP contribution in [0.3, 0.4) is 0 Å². The lowest BCUT2D eigenvalue weighted by Crippen LogP contribution is -2.15. The van der Waals surface area contributed by atoms with E-state index in [9.17, 15) is 9.59 Å². The van der Waals surface area contributed by atoms with E-state index in [1.54, 1.807) is 48.5 Å². The molecule has 138 valence electrons. The molecule has 0 aliphatic carbocycles. The number of nitriles is 1. The monoisotopic (exact) mass is 372 g/mol. The first-order valence-electron chi connectivity index (χ1n) is 8.33. The molecule has 1 aromatic heterocycles. The summed E-state index contributed by atoms with van der Waals surface area (Å²) < 4.78 is 0. The highest BCUT2D eigenvalue weighted by molar-refractivity contribution is 6.03. The molecule has 3 rings (SSSR count). The van der Waals surface area contributed by atoms with Crippen LogP contribution in [-0.2, 0) is 4.79 Å². The Bertz CT molecular complexity index is 1070. The van der Waals surface area contributed by atoms with E-state index < -0.39 is 5.91 Å². The van der Waals surface area contributed by atoms with E-state index in [1.165, 1.54) is 19.2 Å². The molecule has 0 saturated carbocycles. The summed E-state index contributed by atoms with van der Waals surface area (Å²) in [4.78, 5) is 31.9. The van der Waals surface area contributed by atoms with Crippen LogP contribution in [0, 0.1) is 11.3 Å². The molecule has 3 aromatic rings. The standard InChI is InChI=1S/C20H16N6O2/c1-13(27)23-16-6-3-7-17(11-16)24-19(28)18-8-9-22-20(26-18)25-15-5-2-4-14(10-15)12-21/h2-11H,1H3,(H,23,27)(H,24,28)(H,22,25,26). The van der Waals surface area contributed by atoms with Gasteiger partial charge >= 0.3 is 0 Å². The van der Waals surface area contributed by atoms with Gasteiger partial charge in [0.15, 0.2) is 0 Å². The molecule has 0 aliphatic rings. The summed E-state index contributed by atoms with van der Waals surface area (Å²) >= 11 is 0. The van der Waals surface area contributed by atoms with Crippen molar-refractivity contribution in [1.82, 2.24) is 9.97 Å². The molecule has 8 heteroatoms. The zero-order valence-electron chi connectivity index (χ0n) is 14.9. The van der Waals surface area contributed by atoms with Crippen LogP contribution in [0.15, 0.2) is 60.8 Å². The number of hydrogen-bond donors (Lipinski definition) is 3. The van der Waals surface area contributed by atoms with Crippen LogP contribution in [-0.4, -0.2) is 21.8 Å². The molecule has 0 unspecified atom stereocenters. The Morgan fingerprint density at radius 3 is 2.43 bits per heavy atom. The molecule has 0 aliphatic heterocycles. The lowest BCUT2D eigenvalue weighted by Gasteiger charge is -2.09. The largest absolute Gasteiger partial charge is 0.326 e. The van der Waals surface area contributed by atoms with Gasteiger partial charge in [0.2, 0.25) is 11.9 Å². The van der Waals surface area contributed by atoms with Gasteiger partial charge in [-0.05, 0) is 42.5 Å². The van der Waals surface area contributed by atoms with Gasteiger partial charge in [0.05, 0.1) is 11.6 Å². The number of rotatable bonds is 5. The molecule has 0 atom stereocenters. The SMILES string of the molecule is CC(=O)Nc1cccc(NC(=O)c2ccnc(Nc3cccc(C#N)c3)n2)c1. The Kier molecular flexibility index (Phi) is 5.58. The lowest BCUT2D eigenvalue weighted by atomic mass is 10.2. The fourth-order valence-corrected chi connectivity index (χ4v) is 2.41. The van der Waals surface area contributed by atoms with Gasteiger partial charge < -0.3 is 16.0 Å². The quantitative estimate of drug-likeness (QED) is 0.632. The number of carbonyl (C=O) groups is 2. The zero-order valence-corrected chi connectivity index (χ0v) is 14.9. The summed E-state index contributed by atoms with van der Waals surface area (Å²) in [6.07, 6.45) is 1.46. The molecule has 0 saturated heterocycles. The molecular weight excluding hydrogens is 356 g/mol. The number of benzene rings is 2. The summed E-state index contributed by atoms with van der Waals surface area (Å²) in [5, 5.41) is 17.3. The first-order valence-corrected chi connectivity index (χ1v) is 8.33. The van der Waals surface area contributed by atoms with Crippen LogP contribution >= 0.6 is 0 Å². The second-order valence-corrected chi connectivity index (χ2v) is 5.80. The van der Waals surface area contributed by atoms with Crippen molar-refractivity contribution in [1.29, 1.82) is 5.26 Å². The maximum atomic E-state index is 12.5. The van der Waals surface area contributed by atoms with Crippen molar-refractivity contribution < 1.29 is 9.59 Å². The zero-order chi connectivity index (χ0) is 19.9. The molecule has 0 bridgehead atoms. The van der Waals surface area contributed by atoms with Crippen LogP contribution in [0.1, 0.15) is 23.0 Å². The second kappa shape index (κ2) is 8.42. The highest BCUT2D eigenvalue weighted by Crippen LogP contribution is 2.17. The molecular formula is C20H16N6O2. The normalized spacial score (nSPS) is 9.86. The van der Waals surface area contributed by atoms with Gasteiger partial charge in [0.25, 0.3) is 5.91 Å². The fraction of sp³-hybridized carbons (Fsp3) is 0.0500. The van der Waals surface area contributed by atoms with E-state index in [2.05, 4.69) is 32.0 Å². The molecule has 0 fully saturated rings. The Labute approximate surface area is 161 Å². The van der Waals surface area contributed by atoms with Crippen molar-refractivity contribution in [3.63, 3.8) is 0 Å². The van der Waals surface area contributed by atoms with Crippen molar-refractivity contribution in [2.24, 2.45) is 0 Å². The van der Waals surface area contributed by atoms with Crippen molar-refractivity contribution in [2.75, 3.05) is 16.0 Å². The highest BCUT2D eigenvalue weighted by Gasteiger charge is 2.10. The third-order valence-corrected chi connectivity index (χ3v) is 3.58. The number of amides is 2. The smallest absolute Gasteiger partial charge is 0.274 e. The van der Waals surface area contributed by atoms with E-state index in [1.807, 2.05) is 0 Å². The van der Waals surface area contributed by atoms with Gasteiger partial charge in [0, 0.05) is 30.2 Å². The Balaban J connectivity index is 1.73. The van der Waals surface area contributed by atoms with Crippen LogP contribution in [0.4, 0.5) is 23.0 Å². The van der Waals surface area contributed by atoms with Crippen LogP contribution < -0.4 is 16.0 Å². The van der Waals surface area contributed by atoms with Crippen LogP contribution in [0.2, 0.25) is 0 Å². The average molecular weight is 372 g/mol. The predicted octanol–water partition coefficient (Wildman–Crippen LogP) is 3.30. The third kappa shape index (κ3) is 4.89. The van der Waals surface area contributed by atoms with E-state index in [-0.39, 0.29) is 17.5 Å². The Hall–Kier alpha value is -4.25. The first-order chi connectivity index (χ1) is 13.5.